The molecule has 0 bridgehead atoms. The molecule has 1 heterocycles. The Morgan fingerprint density at radius 1 is 1.13 bits per heavy atom. The molecule has 1 fully saturated rings. The summed E-state index contributed by atoms with van der Waals surface area (Å²) in [6.45, 7) is 11.1. The molecule has 1 unspecified atom stereocenters. The van der Waals surface area contributed by atoms with E-state index in [0.29, 0.717) is 12.6 Å². The fourth-order valence-corrected chi connectivity index (χ4v) is 2.82. The minimum atomic E-state index is 0. The van der Waals surface area contributed by atoms with Gasteiger partial charge in [-0.15, -0.1) is 12.4 Å². The van der Waals surface area contributed by atoms with Gasteiger partial charge in [-0.3, -0.25) is 4.90 Å². The monoisotopic (exact) mass is 342 g/mol. The van der Waals surface area contributed by atoms with Gasteiger partial charge in [0.2, 0.25) is 0 Å². The predicted octanol–water partition coefficient (Wildman–Crippen LogP) is 3.34. The van der Waals surface area contributed by atoms with Gasteiger partial charge in [0.15, 0.2) is 0 Å². The predicted molar refractivity (Wildman–Crippen MR) is 97.8 cm³/mol. The molecule has 23 heavy (non-hydrogen) atoms. The van der Waals surface area contributed by atoms with E-state index in [4.69, 9.17) is 15.2 Å². The van der Waals surface area contributed by atoms with Gasteiger partial charge >= 0.3 is 0 Å². The molecule has 5 heteroatoms. The fraction of sp³-hybridized carbons (Fsp3) is 0.667. The summed E-state index contributed by atoms with van der Waals surface area (Å²) in [7, 11) is 0. The summed E-state index contributed by atoms with van der Waals surface area (Å²) in [5.41, 5.74) is 6.36. The van der Waals surface area contributed by atoms with Crippen LogP contribution in [0.5, 0.6) is 11.5 Å². The third-order valence-electron chi connectivity index (χ3n) is 4.36. The van der Waals surface area contributed by atoms with E-state index in [2.05, 4.69) is 25.7 Å². The normalized spacial score (nSPS) is 20.6. The number of rotatable bonds is 7. The molecule has 2 rings (SSSR count). The molecule has 0 spiro atoms. The van der Waals surface area contributed by atoms with E-state index < -0.39 is 0 Å². The van der Waals surface area contributed by atoms with Crippen molar-refractivity contribution in [2.24, 2.45) is 11.1 Å². The third-order valence-corrected chi connectivity index (χ3v) is 4.36. The largest absolute Gasteiger partial charge is 0.494 e. The van der Waals surface area contributed by atoms with Crippen LogP contribution in [0.4, 0.5) is 0 Å². The Balaban J connectivity index is 0.00000264. The highest BCUT2D eigenvalue weighted by Gasteiger charge is 2.32. The Kier molecular flexibility index (Phi) is 8.17. The van der Waals surface area contributed by atoms with Gasteiger partial charge in [0.05, 0.1) is 6.61 Å². The fourth-order valence-electron chi connectivity index (χ4n) is 2.82. The Hall–Kier alpha value is -0.970. The number of nitrogens with two attached hydrogens (primary N) is 1. The van der Waals surface area contributed by atoms with Crippen LogP contribution in [0.3, 0.4) is 0 Å². The highest BCUT2D eigenvalue weighted by Crippen LogP contribution is 2.27. The summed E-state index contributed by atoms with van der Waals surface area (Å²) in [6.07, 6.45) is 2.09. The molecule has 0 radical (unpaired) electrons. The van der Waals surface area contributed by atoms with Crippen LogP contribution < -0.4 is 15.2 Å². The zero-order valence-electron chi connectivity index (χ0n) is 14.6. The molecule has 4 nitrogen and oxygen atoms in total. The lowest BCUT2D eigenvalue weighted by Crippen LogP contribution is -2.53. The first-order valence-electron chi connectivity index (χ1n) is 8.35. The van der Waals surface area contributed by atoms with Gasteiger partial charge in [-0.2, -0.15) is 0 Å². The number of hydrogen-bond acceptors (Lipinski definition) is 4. The van der Waals surface area contributed by atoms with Crippen molar-refractivity contribution in [1.29, 1.82) is 0 Å². The van der Waals surface area contributed by atoms with Crippen molar-refractivity contribution in [2.45, 2.75) is 39.7 Å². The van der Waals surface area contributed by atoms with E-state index in [1.54, 1.807) is 0 Å². The molecule has 2 N–H and O–H groups in total. The Morgan fingerprint density at radius 3 is 2.22 bits per heavy atom. The van der Waals surface area contributed by atoms with Crippen LogP contribution in [0, 0.1) is 5.41 Å². The zero-order chi connectivity index (χ0) is 16.0. The van der Waals surface area contributed by atoms with Crippen LogP contribution in [0.1, 0.15) is 33.6 Å². The van der Waals surface area contributed by atoms with E-state index in [1.165, 1.54) is 0 Å². The maximum absolute atomic E-state index is 6.17. The van der Waals surface area contributed by atoms with E-state index in [0.717, 1.165) is 50.6 Å². The van der Waals surface area contributed by atoms with Crippen molar-refractivity contribution in [3.8, 4) is 11.5 Å². The van der Waals surface area contributed by atoms with Gasteiger partial charge in [-0.1, -0.05) is 20.8 Å². The van der Waals surface area contributed by atoms with Gasteiger partial charge in [0, 0.05) is 19.1 Å². The van der Waals surface area contributed by atoms with Gasteiger partial charge in [0.25, 0.3) is 0 Å². The molecule has 1 aliphatic heterocycles. The highest BCUT2D eigenvalue weighted by atomic mass is 35.5. The lowest BCUT2D eigenvalue weighted by atomic mass is 9.80. The molecule has 0 aromatic heterocycles. The van der Waals surface area contributed by atoms with Crippen molar-refractivity contribution < 1.29 is 9.47 Å². The minimum Gasteiger partial charge on any atom is -0.494 e. The zero-order valence-corrected chi connectivity index (χ0v) is 15.4. The Labute approximate surface area is 146 Å². The van der Waals surface area contributed by atoms with Crippen LogP contribution in [0.15, 0.2) is 24.3 Å². The molecular weight excluding hydrogens is 312 g/mol. The maximum atomic E-state index is 6.17. The summed E-state index contributed by atoms with van der Waals surface area (Å²) in [4.78, 5) is 2.45. The summed E-state index contributed by atoms with van der Waals surface area (Å²) < 4.78 is 11.4. The summed E-state index contributed by atoms with van der Waals surface area (Å²) in [6, 6.07) is 8.18. The molecule has 1 aliphatic rings. The number of hydrogen-bond donors (Lipinski definition) is 1. The van der Waals surface area contributed by atoms with Crippen molar-refractivity contribution in [3.05, 3.63) is 24.3 Å². The lowest BCUT2D eigenvalue weighted by molar-refractivity contribution is 0.0831. The van der Waals surface area contributed by atoms with Gasteiger partial charge in [-0.25, -0.2) is 0 Å². The van der Waals surface area contributed by atoms with Crippen molar-refractivity contribution in [2.75, 3.05) is 32.8 Å². The summed E-state index contributed by atoms with van der Waals surface area (Å²) >= 11 is 0. The smallest absolute Gasteiger partial charge is 0.119 e. The van der Waals surface area contributed by atoms with E-state index in [-0.39, 0.29) is 17.8 Å². The molecule has 0 saturated carbocycles. The van der Waals surface area contributed by atoms with Crippen LogP contribution in [0.25, 0.3) is 0 Å². The van der Waals surface area contributed by atoms with E-state index in [9.17, 15) is 0 Å². The Bertz CT molecular complexity index is 451. The maximum Gasteiger partial charge on any atom is 0.119 e. The molecule has 0 amide bonds. The molecule has 1 aromatic carbocycles. The first-order chi connectivity index (χ1) is 10.5. The number of halogens is 1. The van der Waals surface area contributed by atoms with Crippen LogP contribution >= 0.6 is 12.4 Å². The average Bonchev–Trinajstić information content (AvgIpc) is 2.50. The average molecular weight is 343 g/mol. The second-order valence-corrected chi connectivity index (χ2v) is 6.83. The Morgan fingerprint density at radius 2 is 1.70 bits per heavy atom. The number of likely N-dealkylation sites (tertiary alicyclic amines) is 1. The number of nitrogens with zero attached hydrogens (tertiary/aromatic N) is 1. The molecule has 1 atom stereocenters. The number of ether oxygens (including phenoxy) is 2. The van der Waals surface area contributed by atoms with Gasteiger partial charge < -0.3 is 15.2 Å². The van der Waals surface area contributed by atoms with E-state index >= 15 is 0 Å². The van der Waals surface area contributed by atoms with Crippen LogP contribution in [-0.4, -0.2) is 43.8 Å². The van der Waals surface area contributed by atoms with Crippen LogP contribution in [-0.2, 0) is 0 Å². The van der Waals surface area contributed by atoms with Gasteiger partial charge in [0.1, 0.15) is 18.1 Å². The molecule has 132 valence electrons. The van der Waals surface area contributed by atoms with E-state index in [1.807, 2.05) is 24.3 Å². The summed E-state index contributed by atoms with van der Waals surface area (Å²) in [5, 5.41) is 0. The second kappa shape index (κ2) is 9.36. The molecule has 1 aromatic rings. The SMILES string of the molecule is CCCOc1ccc(OCCN2CCC(N)C(C)(C)C2)cc1.Cl. The highest BCUT2D eigenvalue weighted by molar-refractivity contribution is 5.85. The third kappa shape index (κ3) is 6.21. The molecule has 0 aliphatic carbocycles. The lowest BCUT2D eigenvalue weighted by Gasteiger charge is -2.42. The number of piperidine rings is 1. The van der Waals surface area contributed by atoms with Crippen molar-refractivity contribution in [1.82, 2.24) is 4.90 Å². The summed E-state index contributed by atoms with van der Waals surface area (Å²) in [5.74, 6) is 1.80. The first kappa shape index (κ1) is 20.1. The quantitative estimate of drug-likeness (QED) is 0.825. The molecular formula is C18H31ClN2O2. The van der Waals surface area contributed by atoms with Gasteiger partial charge in [-0.05, 0) is 49.1 Å². The van der Waals surface area contributed by atoms with Crippen LogP contribution in [0.2, 0.25) is 0 Å². The van der Waals surface area contributed by atoms with Crippen molar-refractivity contribution in [3.63, 3.8) is 0 Å². The first-order valence-corrected chi connectivity index (χ1v) is 8.35. The van der Waals surface area contributed by atoms with Crippen molar-refractivity contribution >= 4 is 12.4 Å². The topological polar surface area (TPSA) is 47.7 Å². The number of benzene rings is 1. The molecule has 1 saturated heterocycles. The second-order valence-electron chi connectivity index (χ2n) is 6.83. The standard InChI is InChI=1S/C18H30N2O2.ClH/c1-4-12-21-15-5-7-16(8-6-15)22-13-11-20-10-9-17(19)18(2,3)14-20;/h5-8,17H,4,9-14,19H2,1-3H3;1H. The minimum absolute atomic E-state index is 0.